The van der Waals surface area contributed by atoms with Crippen LogP contribution in [-0.2, 0) is 0 Å². The molecule has 1 heterocycles. The van der Waals surface area contributed by atoms with Gasteiger partial charge in [0.25, 0.3) is 0 Å². The summed E-state index contributed by atoms with van der Waals surface area (Å²) in [5.74, 6) is 1.52. The summed E-state index contributed by atoms with van der Waals surface area (Å²) in [5, 5.41) is 6.70. The Hall–Kier alpha value is -1.03. The van der Waals surface area contributed by atoms with Crippen molar-refractivity contribution in [3.63, 3.8) is 0 Å². The van der Waals surface area contributed by atoms with Gasteiger partial charge in [-0.3, -0.25) is 9.89 Å². The molecule has 2 atom stereocenters. The fourth-order valence-electron chi connectivity index (χ4n) is 2.15. The lowest BCUT2D eigenvalue weighted by molar-refractivity contribution is 0.265. The molecule has 0 amide bonds. The van der Waals surface area contributed by atoms with Crippen LogP contribution < -0.4 is 10.6 Å². The van der Waals surface area contributed by atoms with E-state index in [2.05, 4.69) is 47.9 Å². The molecule has 1 saturated heterocycles. The monoisotopic (exact) mass is 238 g/mol. The largest absolute Gasteiger partial charge is 0.353 e. The summed E-state index contributed by atoms with van der Waals surface area (Å²) in [6, 6.07) is 1.10. The average molecular weight is 238 g/mol. The molecule has 2 unspecified atom stereocenters. The van der Waals surface area contributed by atoms with Crippen molar-refractivity contribution in [2.75, 3.05) is 26.7 Å². The van der Waals surface area contributed by atoms with Gasteiger partial charge in [0.1, 0.15) is 0 Å². The molecule has 17 heavy (non-hydrogen) atoms. The zero-order valence-electron chi connectivity index (χ0n) is 11.5. The Morgan fingerprint density at radius 2 is 2.24 bits per heavy atom. The quantitative estimate of drug-likeness (QED) is 0.437. The molecule has 4 nitrogen and oxygen atoms in total. The van der Waals surface area contributed by atoms with E-state index in [1.807, 2.05) is 6.08 Å². The predicted molar refractivity (Wildman–Crippen MR) is 74.4 cm³/mol. The second-order valence-corrected chi connectivity index (χ2v) is 5.02. The minimum Gasteiger partial charge on any atom is -0.353 e. The number of hydrogen-bond donors (Lipinski definition) is 2. The molecular formula is C13H26N4. The molecule has 0 aromatic carbocycles. The first-order valence-electron chi connectivity index (χ1n) is 6.40. The SMILES string of the molecule is C=CCNC(=NC)NC1CN(C(C)C)CC1C. The third-order valence-corrected chi connectivity index (χ3v) is 3.33. The summed E-state index contributed by atoms with van der Waals surface area (Å²) in [5.41, 5.74) is 0. The first-order valence-corrected chi connectivity index (χ1v) is 6.40. The molecule has 0 bridgehead atoms. The second kappa shape index (κ2) is 6.64. The molecule has 1 aliphatic heterocycles. The van der Waals surface area contributed by atoms with E-state index in [-0.39, 0.29) is 0 Å². The molecule has 0 saturated carbocycles. The molecule has 1 aliphatic rings. The Balaban J connectivity index is 2.48. The molecule has 0 aliphatic carbocycles. The fraction of sp³-hybridized carbons (Fsp3) is 0.769. The van der Waals surface area contributed by atoms with Crippen molar-refractivity contribution >= 4 is 5.96 Å². The summed E-state index contributed by atoms with van der Waals surface area (Å²) < 4.78 is 0. The van der Waals surface area contributed by atoms with Crippen LogP contribution in [0.5, 0.6) is 0 Å². The standard InChI is InChI=1S/C13H26N4/c1-6-7-15-13(14-5)16-12-9-17(10(2)3)8-11(12)4/h6,10-12H,1,7-9H2,2-5H3,(H2,14,15,16). The minimum absolute atomic E-state index is 0.480. The summed E-state index contributed by atoms with van der Waals surface area (Å²) in [6.07, 6.45) is 1.84. The van der Waals surface area contributed by atoms with Crippen LogP contribution in [0.1, 0.15) is 20.8 Å². The van der Waals surface area contributed by atoms with Gasteiger partial charge >= 0.3 is 0 Å². The molecule has 4 heteroatoms. The maximum atomic E-state index is 4.22. The topological polar surface area (TPSA) is 39.7 Å². The molecule has 0 radical (unpaired) electrons. The Morgan fingerprint density at radius 3 is 2.71 bits per heavy atom. The van der Waals surface area contributed by atoms with Gasteiger partial charge in [0.05, 0.1) is 0 Å². The van der Waals surface area contributed by atoms with Crippen LogP contribution in [0.25, 0.3) is 0 Å². The highest BCUT2D eigenvalue weighted by atomic mass is 15.3. The molecule has 1 fully saturated rings. The smallest absolute Gasteiger partial charge is 0.191 e. The van der Waals surface area contributed by atoms with Crippen molar-refractivity contribution in [1.29, 1.82) is 0 Å². The van der Waals surface area contributed by atoms with E-state index in [0.717, 1.165) is 25.6 Å². The van der Waals surface area contributed by atoms with Crippen molar-refractivity contribution < 1.29 is 0 Å². The van der Waals surface area contributed by atoms with Gasteiger partial charge in [0.15, 0.2) is 5.96 Å². The van der Waals surface area contributed by atoms with Gasteiger partial charge in [-0.05, 0) is 19.8 Å². The zero-order chi connectivity index (χ0) is 12.8. The molecule has 1 rings (SSSR count). The Labute approximate surface area is 105 Å². The number of nitrogens with one attached hydrogen (secondary N) is 2. The van der Waals surface area contributed by atoms with E-state index in [4.69, 9.17) is 0 Å². The summed E-state index contributed by atoms with van der Waals surface area (Å²) in [7, 11) is 1.80. The number of aliphatic imine (C=N–C) groups is 1. The van der Waals surface area contributed by atoms with Crippen molar-refractivity contribution in [1.82, 2.24) is 15.5 Å². The van der Waals surface area contributed by atoms with Crippen molar-refractivity contribution in [2.45, 2.75) is 32.9 Å². The van der Waals surface area contributed by atoms with E-state index < -0.39 is 0 Å². The Bertz CT molecular complexity index is 273. The summed E-state index contributed by atoms with van der Waals surface area (Å²) in [4.78, 5) is 6.72. The lowest BCUT2D eigenvalue weighted by atomic mass is 10.1. The van der Waals surface area contributed by atoms with Crippen LogP contribution in [0.15, 0.2) is 17.6 Å². The maximum absolute atomic E-state index is 4.22. The second-order valence-electron chi connectivity index (χ2n) is 5.02. The van der Waals surface area contributed by atoms with Crippen LogP contribution >= 0.6 is 0 Å². The lowest BCUT2D eigenvalue weighted by Crippen LogP contribution is -2.46. The zero-order valence-corrected chi connectivity index (χ0v) is 11.5. The van der Waals surface area contributed by atoms with Crippen molar-refractivity contribution in [2.24, 2.45) is 10.9 Å². The van der Waals surface area contributed by atoms with Crippen LogP contribution in [0.2, 0.25) is 0 Å². The third-order valence-electron chi connectivity index (χ3n) is 3.33. The van der Waals surface area contributed by atoms with Gasteiger partial charge in [-0.25, -0.2) is 0 Å². The number of nitrogens with zero attached hydrogens (tertiary/aromatic N) is 2. The highest BCUT2D eigenvalue weighted by Crippen LogP contribution is 2.18. The number of hydrogen-bond acceptors (Lipinski definition) is 2. The van der Waals surface area contributed by atoms with E-state index in [1.54, 1.807) is 7.05 Å². The molecule has 98 valence electrons. The molecule has 0 aromatic heterocycles. The van der Waals surface area contributed by atoms with Crippen LogP contribution in [-0.4, -0.2) is 49.6 Å². The number of guanidine groups is 1. The average Bonchev–Trinajstić information content (AvgIpc) is 2.66. The first-order chi connectivity index (χ1) is 8.08. The summed E-state index contributed by atoms with van der Waals surface area (Å²) >= 11 is 0. The highest BCUT2D eigenvalue weighted by Gasteiger charge is 2.31. The van der Waals surface area contributed by atoms with Gasteiger partial charge < -0.3 is 10.6 Å². The van der Waals surface area contributed by atoms with Crippen molar-refractivity contribution in [3.8, 4) is 0 Å². The highest BCUT2D eigenvalue weighted by molar-refractivity contribution is 5.80. The maximum Gasteiger partial charge on any atom is 0.191 e. The van der Waals surface area contributed by atoms with Crippen molar-refractivity contribution in [3.05, 3.63) is 12.7 Å². The van der Waals surface area contributed by atoms with Crippen LogP contribution in [0.3, 0.4) is 0 Å². The van der Waals surface area contributed by atoms with E-state index in [1.165, 1.54) is 0 Å². The first kappa shape index (κ1) is 14.0. The third kappa shape index (κ3) is 4.04. The van der Waals surface area contributed by atoms with Crippen LogP contribution in [0.4, 0.5) is 0 Å². The lowest BCUT2D eigenvalue weighted by Gasteiger charge is -2.21. The normalized spacial score (nSPS) is 26.3. The van der Waals surface area contributed by atoms with Gasteiger partial charge in [-0.2, -0.15) is 0 Å². The van der Waals surface area contributed by atoms with Gasteiger partial charge in [0.2, 0.25) is 0 Å². The minimum atomic E-state index is 0.480. The number of likely N-dealkylation sites (tertiary alicyclic amines) is 1. The predicted octanol–water partition coefficient (Wildman–Crippen LogP) is 1.07. The van der Waals surface area contributed by atoms with E-state index in [9.17, 15) is 0 Å². The van der Waals surface area contributed by atoms with Gasteiger partial charge in [-0.1, -0.05) is 13.0 Å². The molecule has 0 aromatic rings. The van der Waals surface area contributed by atoms with Gasteiger partial charge in [0, 0.05) is 38.8 Å². The fourth-order valence-corrected chi connectivity index (χ4v) is 2.15. The molecule has 0 spiro atoms. The Kier molecular flexibility index (Phi) is 5.48. The molecule has 2 N–H and O–H groups in total. The Morgan fingerprint density at radius 1 is 1.53 bits per heavy atom. The van der Waals surface area contributed by atoms with E-state index in [0.29, 0.717) is 18.0 Å². The van der Waals surface area contributed by atoms with E-state index >= 15 is 0 Å². The van der Waals surface area contributed by atoms with Gasteiger partial charge in [-0.15, -0.1) is 6.58 Å². The summed E-state index contributed by atoms with van der Waals surface area (Å²) in [6.45, 7) is 13.5. The number of rotatable bonds is 4. The van der Waals surface area contributed by atoms with Crippen LogP contribution in [0, 0.1) is 5.92 Å². The molecular weight excluding hydrogens is 212 g/mol.